The average Bonchev–Trinajstić information content (AvgIpc) is 3.36. The van der Waals surface area contributed by atoms with Crippen molar-refractivity contribution in [1.82, 2.24) is 24.5 Å². The van der Waals surface area contributed by atoms with E-state index >= 15 is 0 Å². The summed E-state index contributed by atoms with van der Waals surface area (Å²) < 4.78 is 13.3. The molecule has 0 unspecified atom stereocenters. The van der Waals surface area contributed by atoms with E-state index in [-0.39, 0.29) is 17.3 Å². The summed E-state index contributed by atoms with van der Waals surface area (Å²) in [6, 6.07) is 9.80. The molecule has 3 N–H and O–H groups in total. The van der Waals surface area contributed by atoms with Crippen LogP contribution in [-0.2, 0) is 4.74 Å². The monoisotopic (exact) mass is 494 g/mol. The molecule has 33 heavy (non-hydrogen) atoms. The molecule has 0 saturated carbocycles. The van der Waals surface area contributed by atoms with Crippen LogP contribution in [0, 0.1) is 0 Å². The highest BCUT2D eigenvalue weighted by atomic mass is 35.5. The Balaban J connectivity index is 1.30. The molecule has 2 saturated heterocycles. The molecule has 12 heteroatoms. The van der Waals surface area contributed by atoms with Gasteiger partial charge < -0.3 is 25.1 Å². The lowest BCUT2D eigenvalue weighted by Crippen LogP contribution is -2.41. The second-order valence-corrected chi connectivity index (χ2v) is 8.74. The van der Waals surface area contributed by atoms with Crippen LogP contribution in [0.2, 0.25) is 5.28 Å². The summed E-state index contributed by atoms with van der Waals surface area (Å²) in [4.78, 5) is 13.0. The summed E-state index contributed by atoms with van der Waals surface area (Å²) in [5.74, 6) is 1.37. The molecule has 2 aliphatic heterocycles. The number of hydrogen-bond donors (Lipinski definition) is 3. The maximum atomic E-state index is 10.4. The fraction of sp³-hybridized carbons (Fsp3) is 0.476. The number of hydrazine groups is 1. The Hall–Kier alpha value is -2.21. The summed E-state index contributed by atoms with van der Waals surface area (Å²) in [6.45, 7) is 1.49. The highest BCUT2D eigenvalue weighted by molar-refractivity contribution is 6.28. The van der Waals surface area contributed by atoms with Gasteiger partial charge in [-0.25, -0.2) is 9.99 Å². The number of alkyl halides is 1. The molecule has 0 spiro atoms. The zero-order valence-electron chi connectivity index (χ0n) is 17.6. The summed E-state index contributed by atoms with van der Waals surface area (Å²) >= 11 is 12.0. The molecule has 176 valence electrons. The van der Waals surface area contributed by atoms with Gasteiger partial charge in [0.1, 0.15) is 30.2 Å². The number of imidazole rings is 1. The number of nitrogens with one attached hydrogen (secondary N) is 1. The second kappa shape index (κ2) is 9.57. The minimum Gasteiger partial charge on any atom is -0.490 e. The van der Waals surface area contributed by atoms with Crippen molar-refractivity contribution in [3.63, 3.8) is 0 Å². The van der Waals surface area contributed by atoms with E-state index in [1.807, 2.05) is 35.3 Å². The first-order valence-electron chi connectivity index (χ1n) is 10.7. The fourth-order valence-corrected chi connectivity index (χ4v) is 4.59. The lowest BCUT2D eigenvalue weighted by Gasteiger charge is -2.32. The molecule has 1 aromatic carbocycles. The van der Waals surface area contributed by atoms with Crippen molar-refractivity contribution in [2.24, 2.45) is 0 Å². The van der Waals surface area contributed by atoms with Crippen LogP contribution >= 0.6 is 23.2 Å². The third kappa shape index (κ3) is 4.59. The summed E-state index contributed by atoms with van der Waals surface area (Å²) in [7, 11) is 0. The van der Waals surface area contributed by atoms with Crippen LogP contribution in [0.15, 0.2) is 36.7 Å². The first-order valence-corrected chi connectivity index (χ1v) is 11.7. The zero-order chi connectivity index (χ0) is 22.9. The highest BCUT2D eigenvalue weighted by Gasteiger charge is 2.44. The topological polar surface area (TPSA) is 118 Å². The maximum Gasteiger partial charge on any atom is 0.226 e. The van der Waals surface area contributed by atoms with Gasteiger partial charge in [-0.05, 0) is 36.6 Å². The number of piperidine rings is 1. The number of hydrogen-bond acceptors (Lipinski definition) is 9. The van der Waals surface area contributed by atoms with Crippen LogP contribution in [0.1, 0.15) is 19.1 Å². The molecular formula is C21H24Cl2N6O4. The number of anilines is 1. The molecule has 0 amide bonds. The number of rotatable bonds is 6. The average molecular weight is 495 g/mol. The minimum absolute atomic E-state index is 0.0241. The van der Waals surface area contributed by atoms with E-state index in [2.05, 4.69) is 20.4 Å². The van der Waals surface area contributed by atoms with Gasteiger partial charge in [-0.3, -0.25) is 4.57 Å². The molecule has 4 heterocycles. The summed E-state index contributed by atoms with van der Waals surface area (Å²) in [6.07, 6.45) is -0.564. The van der Waals surface area contributed by atoms with E-state index in [0.29, 0.717) is 17.0 Å². The van der Waals surface area contributed by atoms with Crippen molar-refractivity contribution in [3.8, 4) is 5.75 Å². The van der Waals surface area contributed by atoms with Gasteiger partial charge in [0.05, 0.1) is 12.2 Å². The zero-order valence-corrected chi connectivity index (χ0v) is 19.1. The van der Waals surface area contributed by atoms with E-state index in [1.165, 1.54) is 10.9 Å². The lowest BCUT2D eigenvalue weighted by molar-refractivity contribution is -0.0291. The first-order chi connectivity index (χ1) is 16.0. The van der Waals surface area contributed by atoms with E-state index in [9.17, 15) is 10.2 Å². The van der Waals surface area contributed by atoms with Gasteiger partial charge >= 0.3 is 0 Å². The fourth-order valence-electron chi connectivity index (χ4n) is 4.17. The normalized spacial score (nSPS) is 26.7. The Morgan fingerprint density at radius 3 is 2.58 bits per heavy atom. The van der Waals surface area contributed by atoms with Crippen LogP contribution in [0.25, 0.3) is 11.2 Å². The standard InChI is InChI=1S/C21H24Cl2N6O4/c22-10-14-16(30)17(31)20(33-14)29-11-24-15-18(25-21(23)26-19(15)29)27-28-8-6-13(7-9-28)32-12-4-2-1-3-5-12/h1-5,11,13-14,16-17,20,30-31H,6-10H2,(H,25,26,27)/t14-,16-,17-,20-/m1/s1. The van der Waals surface area contributed by atoms with Crippen LogP contribution in [0.5, 0.6) is 5.75 Å². The number of aromatic nitrogens is 4. The molecule has 10 nitrogen and oxygen atoms in total. The molecule has 4 atom stereocenters. The highest BCUT2D eigenvalue weighted by Crippen LogP contribution is 2.33. The maximum absolute atomic E-state index is 10.4. The number of ether oxygens (including phenoxy) is 2. The third-order valence-electron chi connectivity index (χ3n) is 5.91. The smallest absolute Gasteiger partial charge is 0.226 e. The summed E-state index contributed by atoms with van der Waals surface area (Å²) in [5.41, 5.74) is 4.14. The van der Waals surface area contributed by atoms with Gasteiger partial charge in [-0.2, -0.15) is 9.97 Å². The van der Waals surface area contributed by atoms with Crippen molar-refractivity contribution in [3.05, 3.63) is 41.9 Å². The number of aliphatic hydroxyl groups excluding tert-OH is 2. The molecule has 0 radical (unpaired) electrons. The molecular weight excluding hydrogens is 471 g/mol. The molecule has 0 aliphatic carbocycles. The van der Waals surface area contributed by atoms with Gasteiger partial charge in [0.2, 0.25) is 5.28 Å². The van der Waals surface area contributed by atoms with Crippen molar-refractivity contribution in [2.45, 2.75) is 43.5 Å². The SMILES string of the molecule is O[C@@H]1[C@H](O)[C@@H](CCl)O[C@H]1n1cnc2c(NN3CCC(Oc4ccccc4)CC3)nc(Cl)nc21. The van der Waals surface area contributed by atoms with Crippen LogP contribution in [0.4, 0.5) is 5.82 Å². The number of nitrogens with zero attached hydrogens (tertiary/aromatic N) is 5. The third-order valence-corrected chi connectivity index (χ3v) is 6.38. The van der Waals surface area contributed by atoms with Gasteiger partial charge in [0.25, 0.3) is 0 Å². The van der Waals surface area contributed by atoms with E-state index in [1.54, 1.807) is 0 Å². The van der Waals surface area contributed by atoms with Crippen molar-refractivity contribution in [1.29, 1.82) is 0 Å². The van der Waals surface area contributed by atoms with Crippen molar-refractivity contribution < 1.29 is 19.7 Å². The van der Waals surface area contributed by atoms with Crippen LogP contribution in [0.3, 0.4) is 0 Å². The van der Waals surface area contributed by atoms with E-state index in [0.717, 1.165) is 31.7 Å². The van der Waals surface area contributed by atoms with E-state index < -0.39 is 24.5 Å². The van der Waals surface area contributed by atoms with Crippen molar-refractivity contribution >= 4 is 40.2 Å². The first kappa shape index (κ1) is 22.6. The summed E-state index contributed by atoms with van der Waals surface area (Å²) in [5, 5.41) is 22.6. The molecule has 3 aromatic rings. The minimum atomic E-state index is -1.18. The van der Waals surface area contributed by atoms with E-state index in [4.69, 9.17) is 32.7 Å². The number of fused-ring (bicyclic) bond motifs is 1. The number of aliphatic hydroxyl groups is 2. The Labute approximate surface area is 200 Å². The van der Waals surface area contributed by atoms with Gasteiger partial charge in [-0.15, -0.1) is 11.6 Å². The van der Waals surface area contributed by atoms with Crippen LogP contribution < -0.4 is 10.2 Å². The molecule has 2 aromatic heterocycles. The largest absolute Gasteiger partial charge is 0.490 e. The van der Waals surface area contributed by atoms with Crippen LogP contribution in [-0.4, -0.2) is 78.1 Å². The lowest BCUT2D eigenvalue weighted by atomic mass is 10.1. The second-order valence-electron chi connectivity index (χ2n) is 8.09. The quantitative estimate of drug-likeness (QED) is 0.350. The van der Waals surface area contributed by atoms with Gasteiger partial charge in [-0.1, -0.05) is 18.2 Å². The van der Waals surface area contributed by atoms with Crippen molar-refractivity contribution in [2.75, 3.05) is 24.4 Å². The number of benzene rings is 1. The Bertz CT molecular complexity index is 1100. The van der Waals surface area contributed by atoms with Gasteiger partial charge in [0.15, 0.2) is 23.2 Å². The predicted molar refractivity (Wildman–Crippen MR) is 122 cm³/mol. The molecule has 2 aliphatic rings. The Morgan fingerprint density at radius 1 is 1.12 bits per heavy atom. The number of para-hydroxylation sites is 1. The molecule has 5 rings (SSSR count). The molecule has 0 bridgehead atoms. The number of halogens is 2. The molecule has 2 fully saturated rings. The Morgan fingerprint density at radius 2 is 1.88 bits per heavy atom. The predicted octanol–water partition coefficient (Wildman–Crippen LogP) is 2.21. The Kier molecular flexibility index (Phi) is 6.55. The van der Waals surface area contributed by atoms with Gasteiger partial charge in [0, 0.05) is 13.1 Å².